The summed E-state index contributed by atoms with van der Waals surface area (Å²) in [6, 6.07) is 0. The van der Waals surface area contributed by atoms with E-state index in [4.69, 9.17) is 4.74 Å². The molecule has 0 aromatic rings. The number of primary amides is 1. The van der Waals surface area contributed by atoms with Gasteiger partial charge < -0.3 is 10.5 Å². The molecule has 2 rings (SSSR count). The van der Waals surface area contributed by atoms with E-state index in [1.54, 1.807) is 0 Å². The van der Waals surface area contributed by atoms with Crippen molar-refractivity contribution in [3.63, 3.8) is 0 Å². The molecule has 0 aromatic carbocycles. The summed E-state index contributed by atoms with van der Waals surface area (Å²) in [5.74, 6) is -0.333. The molecule has 2 N–H and O–H groups in total. The van der Waals surface area contributed by atoms with E-state index in [9.17, 15) is 4.79 Å². The van der Waals surface area contributed by atoms with Gasteiger partial charge in [-0.1, -0.05) is 12.8 Å². The van der Waals surface area contributed by atoms with E-state index in [1.165, 1.54) is 32.6 Å². The van der Waals surface area contributed by atoms with Gasteiger partial charge in [0.15, 0.2) is 0 Å². The van der Waals surface area contributed by atoms with E-state index in [-0.39, 0.29) is 5.91 Å². The minimum atomic E-state index is -0.333. The zero-order valence-corrected chi connectivity index (χ0v) is 6.88. The summed E-state index contributed by atoms with van der Waals surface area (Å²) < 4.78 is 5.28. The van der Waals surface area contributed by atoms with Crippen molar-refractivity contribution in [3.05, 3.63) is 0 Å². The first-order valence-electron chi connectivity index (χ1n) is 4.11. The molecule has 1 amide bonds. The van der Waals surface area contributed by atoms with E-state index >= 15 is 0 Å². The third-order valence-corrected chi connectivity index (χ3v) is 1.91. The largest absolute Gasteiger partial charge is 0.370 e. The van der Waals surface area contributed by atoms with Gasteiger partial charge in [-0.05, 0) is 12.8 Å². The van der Waals surface area contributed by atoms with Gasteiger partial charge >= 0.3 is 0 Å². The van der Waals surface area contributed by atoms with Crippen LogP contribution in [0.25, 0.3) is 0 Å². The fourth-order valence-corrected chi connectivity index (χ4v) is 1.38. The lowest BCUT2D eigenvalue weighted by molar-refractivity contribution is -0.115. The standard InChI is InChI=1S/C6H10O.C2H5NO/c1-2-4-6-5(3-1)7-6;1-2(3)4/h5-6H,1-4H2;1H3,(H2,3,4). The number of rotatable bonds is 0. The van der Waals surface area contributed by atoms with Crippen LogP contribution in [0.15, 0.2) is 0 Å². The summed E-state index contributed by atoms with van der Waals surface area (Å²) in [5.41, 5.74) is 4.47. The van der Waals surface area contributed by atoms with Gasteiger partial charge in [-0.25, -0.2) is 0 Å². The molecule has 0 radical (unpaired) electrons. The molecule has 2 atom stereocenters. The molecule has 64 valence electrons. The summed E-state index contributed by atoms with van der Waals surface area (Å²) in [6.45, 7) is 1.31. The van der Waals surface area contributed by atoms with Crippen LogP contribution in [0.1, 0.15) is 32.6 Å². The highest BCUT2D eigenvalue weighted by atomic mass is 16.6. The molecule has 0 bridgehead atoms. The smallest absolute Gasteiger partial charge is 0.214 e. The quantitative estimate of drug-likeness (QED) is 0.529. The van der Waals surface area contributed by atoms with E-state index in [0.717, 1.165) is 0 Å². The normalized spacial score (nSPS) is 32.8. The molecule has 1 saturated carbocycles. The lowest BCUT2D eigenvalue weighted by Gasteiger charge is -2.00. The second kappa shape index (κ2) is 3.72. The topological polar surface area (TPSA) is 55.6 Å². The molecule has 1 heterocycles. The number of fused-ring (bicyclic) bond motifs is 1. The third-order valence-electron chi connectivity index (χ3n) is 1.91. The van der Waals surface area contributed by atoms with Gasteiger partial charge in [0.1, 0.15) is 0 Å². The maximum atomic E-state index is 9.22. The van der Waals surface area contributed by atoms with Crippen LogP contribution in [0.5, 0.6) is 0 Å². The Morgan fingerprint density at radius 2 is 1.73 bits per heavy atom. The SMILES string of the molecule is C1CCC2OC2C1.CC(N)=O. The molecule has 11 heavy (non-hydrogen) atoms. The molecule has 1 aliphatic heterocycles. The van der Waals surface area contributed by atoms with Crippen molar-refractivity contribution in [3.8, 4) is 0 Å². The number of nitrogens with two attached hydrogens (primary N) is 1. The van der Waals surface area contributed by atoms with E-state index < -0.39 is 0 Å². The zero-order valence-electron chi connectivity index (χ0n) is 6.88. The fourth-order valence-electron chi connectivity index (χ4n) is 1.38. The Bertz CT molecular complexity index is 133. The van der Waals surface area contributed by atoms with E-state index in [0.29, 0.717) is 12.2 Å². The summed E-state index contributed by atoms with van der Waals surface area (Å²) in [6.07, 6.45) is 6.89. The molecule has 3 nitrogen and oxygen atoms in total. The van der Waals surface area contributed by atoms with Gasteiger partial charge in [0.05, 0.1) is 12.2 Å². The first-order valence-corrected chi connectivity index (χ1v) is 4.11. The fraction of sp³-hybridized carbons (Fsp3) is 0.875. The van der Waals surface area contributed by atoms with Crippen LogP contribution in [0.4, 0.5) is 0 Å². The highest BCUT2D eigenvalue weighted by molar-refractivity contribution is 5.70. The zero-order chi connectivity index (χ0) is 8.27. The Morgan fingerprint density at radius 3 is 2.00 bits per heavy atom. The van der Waals surface area contributed by atoms with Crippen LogP contribution in [-0.2, 0) is 9.53 Å². The summed E-state index contributed by atoms with van der Waals surface area (Å²) in [4.78, 5) is 9.22. The predicted molar refractivity (Wildman–Crippen MR) is 42.0 cm³/mol. The van der Waals surface area contributed by atoms with Crippen LogP contribution < -0.4 is 5.73 Å². The number of carbonyl (C=O) groups is 1. The molecule has 0 spiro atoms. The van der Waals surface area contributed by atoms with Crippen LogP contribution in [0.3, 0.4) is 0 Å². The summed E-state index contributed by atoms with van der Waals surface area (Å²) in [5, 5.41) is 0. The van der Waals surface area contributed by atoms with E-state index in [1.807, 2.05) is 0 Å². The van der Waals surface area contributed by atoms with Crippen LogP contribution in [0, 0.1) is 0 Å². The lowest BCUT2D eigenvalue weighted by atomic mass is 10.0. The number of amides is 1. The van der Waals surface area contributed by atoms with Crippen molar-refractivity contribution in [1.29, 1.82) is 0 Å². The maximum absolute atomic E-state index is 9.22. The van der Waals surface area contributed by atoms with Crippen LogP contribution in [0.2, 0.25) is 0 Å². The van der Waals surface area contributed by atoms with Crippen molar-refractivity contribution in [2.45, 2.75) is 44.8 Å². The number of hydrogen-bond donors (Lipinski definition) is 1. The average Bonchev–Trinajstić information content (AvgIpc) is 2.62. The van der Waals surface area contributed by atoms with Crippen LogP contribution in [-0.4, -0.2) is 18.1 Å². The second-order valence-electron chi connectivity index (χ2n) is 3.11. The van der Waals surface area contributed by atoms with Gasteiger partial charge in [-0.2, -0.15) is 0 Å². The predicted octanol–water partition coefficient (Wildman–Crippen LogP) is 0.819. The Hall–Kier alpha value is -0.570. The highest BCUT2D eigenvalue weighted by Crippen LogP contribution is 2.35. The maximum Gasteiger partial charge on any atom is 0.214 e. The Balaban J connectivity index is 0.000000134. The Kier molecular flexibility index (Phi) is 2.88. The molecule has 2 fully saturated rings. The molecule has 2 aliphatic rings. The van der Waals surface area contributed by atoms with E-state index in [2.05, 4.69) is 5.73 Å². The number of carbonyl (C=O) groups excluding carboxylic acids is 1. The van der Waals surface area contributed by atoms with Gasteiger partial charge in [0.2, 0.25) is 5.91 Å². The minimum Gasteiger partial charge on any atom is -0.370 e. The average molecular weight is 157 g/mol. The molecule has 1 saturated heterocycles. The van der Waals surface area contributed by atoms with Gasteiger partial charge in [0, 0.05) is 6.92 Å². The van der Waals surface area contributed by atoms with Gasteiger partial charge in [-0.3, -0.25) is 4.79 Å². The molecule has 3 heteroatoms. The first-order chi connectivity index (χ1) is 5.20. The van der Waals surface area contributed by atoms with Crippen molar-refractivity contribution in [2.75, 3.05) is 0 Å². The first kappa shape index (κ1) is 8.53. The second-order valence-corrected chi connectivity index (χ2v) is 3.11. The van der Waals surface area contributed by atoms with Crippen LogP contribution >= 0.6 is 0 Å². The van der Waals surface area contributed by atoms with Gasteiger partial charge in [0.25, 0.3) is 0 Å². The number of hydrogen-bond acceptors (Lipinski definition) is 2. The van der Waals surface area contributed by atoms with Crippen molar-refractivity contribution >= 4 is 5.91 Å². The molecule has 1 aliphatic carbocycles. The van der Waals surface area contributed by atoms with Crippen molar-refractivity contribution in [1.82, 2.24) is 0 Å². The molecular formula is C8H15NO2. The number of ether oxygens (including phenoxy) is 1. The molecule has 2 unspecified atom stereocenters. The summed E-state index contributed by atoms with van der Waals surface area (Å²) >= 11 is 0. The third kappa shape index (κ3) is 3.37. The molecular weight excluding hydrogens is 142 g/mol. The summed E-state index contributed by atoms with van der Waals surface area (Å²) in [7, 11) is 0. The number of epoxide rings is 1. The Morgan fingerprint density at radius 1 is 1.36 bits per heavy atom. The van der Waals surface area contributed by atoms with Gasteiger partial charge in [-0.15, -0.1) is 0 Å². The molecule has 0 aromatic heterocycles. The lowest BCUT2D eigenvalue weighted by Crippen LogP contribution is -2.01. The van der Waals surface area contributed by atoms with Crippen molar-refractivity contribution < 1.29 is 9.53 Å². The minimum absolute atomic E-state index is 0.333. The monoisotopic (exact) mass is 157 g/mol. The van der Waals surface area contributed by atoms with Crippen molar-refractivity contribution in [2.24, 2.45) is 5.73 Å². The Labute approximate surface area is 66.9 Å². The highest BCUT2D eigenvalue weighted by Gasteiger charge is 2.39.